The third-order valence-electron chi connectivity index (χ3n) is 4.75. The first-order valence-corrected chi connectivity index (χ1v) is 9.58. The molecule has 1 aliphatic heterocycles. The molecule has 0 aromatic rings. The SMILES string of the molecule is CNCCCCC(=O)NC1C=C(Cl)C(N2CC(C)OC(C)C2)CC1. The van der Waals surface area contributed by atoms with Crippen LogP contribution in [-0.4, -0.2) is 61.8 Å². The summed E-state index contributed by atoms with van der Waals surface area (Å²) in [5.74, 6) is 0.129. The van der Waals surface area contributed by atoms with Crippen molar-refractivity contribution >= 4 is 17.5 Å². The maximum Gasteiger partial charge on any atom is 0.220 e. The van der Waals surface area contributed by atoms with E-state index < -0.39 is 0 Å². The molecular weight excluding hydrogens is 326 g/mol. The first kappa shape index (κ1) is 19.7. The summed E-state index contributed by atoms with van der Waals surface area (Å²) in [6, 6.07) is 0.339. The zero-order valence-electron chi connectivity index (χ0n) is 15.2. The minimum atomic E-state index is 0.0708. The van der Waals surface area contributed by atoms with Gasteiger partial charge >= 0.3 is 0 Å². The fourth-order valence-corrected chi connectivity index (χ4v) is 4.07. The normalized spacial score (nSPS) is 31.6. The van der Waals surface area contributed by atoms with Crippen molar-refractivity contribution in [1.29, 1.82) is 0 Å². The van der Waals surface area contributed by atoms with Gasteiger partial charge in [0.05, 0.1) is 12.2 Å². The van der Waals surface area contributed by atoms with Crippen LogP contribution in [0.15, 0.2) is 11.1 Å². The zero-order chi connectivity index (χ0) is 17.5. The number of hydrogen-bond acceptors (Lipinski definition) is 4. The lowest BCUT2D eigenvalue weighted by molar-refractivity contribution is -0.121. The molecule has 0 radical (unpaired) electrons. The summed E-state index contributed by atoms with van der Waals surface area (Å²) in [6.07, 6.45) is 6.99. The highest BCUT2D eigenvalue weighted by Crippen LogP contribution is 2.29. The van der Waals surface area contributed by atoms with E-state index in [-0.39, 0.29) is 30.2 Å². The van der Waals surface area contributed by atoms with Gasteiger partial charge in [0.25, 0.3) is 0 Å². The lowest BCUT2D eigenvalue weighted by Gasteiger charge is -2.42. The Morgan fingerprint density at radius 3 is 2.62 bits per heavy atom. The molecule has 0 spiro atoms. The van der Waals surface area contributed by atoms with Gasteiger partial charge < -0.3 is 15.4 Å². The molecule has 2 rings (SSSR count). The third kappa shape index (κ3) is 6.03. The summed E-state index contributed by atoms with van der Waals surface area (Å²) in [4.78, 5) is 14.4. The maximum absolute atomic E-state index is 12.0. The number of hydrogen-bond donors (Lipinski definition) is 2. The molecule has 2 aliphatic rings. The fourth-order valence-electron chi connectivity index (χ4n) is 3.67. The van der Waals surface area contributed by atoms with E-state index in [4.69, 9.17) is 16.3 Å². The molecule has 4 atom stereocenters. The number of carbonyl (C=O) groups excluding carboxylic acids is 1. The first-order chi connectivity index (χ1) is 11.5. The Morgan fingerprint density at radius 2 is 2.00 bits per heavy atom. The van der Waals surface area contributed by atoms with Crippen molar-refractivity contribution in [3.05, 3.63) is 11.1 Å². The van der Waals surface area contributed by atoms with Gasteiger partial charge in [0.2, 0.25) is 5.91 Å². The lowest BCUT2D eigenvalue weighted by atomic mass is 9.95. The molecule has 0 bridgehead atoms. The van der Waals surface area contributed by atoms with Crippen LogP contribution in [0.2, 0.25) is 0 Å². The van der Waals surface area contributed by atoms with Crippen molar-refractivity contribution in [3.8, 4) is 0 Å². The third-order valence-corrected chi connectivity index (χ3v) is 5.12. The van der Waals surface area contributed by atoms with Gasteiger partial charge in [-0.1, -0.05) is 11.6 Å². The van der Waals surface area contributed by atoms with Crippen molar-refractivity contribution in [2.24, 2.45) is 0 Å². The molecule has 138 valence electrons. The second-order valence-corrected chi connectivity index (χ2v) is 7.53. The predicted molar refractivity (Wildman–Crippen MR) is 98.2 cm³/mol. The summed E-state index contributed by atoms with van der Waals surface area (Å²) < 4.78 is 5.81. The van der Waals surface area contributed by atoms with Gasteiger partial charge in [-0.15, -0.1) is 0 Å². The Hall–Kier alpha value is -0.620. The second kappa shape index (κ2) is 9.76. The minimum Gasteiger partial charge on any atom is -0.373 e. The summed E-state index contributed by atoms with van der Waals surface area (Å²) in [5, 5.41) is 7.07. The number of halogens is 1. The van der Waals surface area contributed by atoms with Gasteiger partial charge in [-0.05, 0) is 59.2 Å². The highest BCUT2D eigenvalue weighted by Gasteiger charge is 2.32. The van der Waals surface area contributed by atoms with Crippen molar-refractivity contribution in [2.45, 2.75) is 70.2 Å². The van der Waals surface area contributed by atoms with Crippen LogP contribution < -0.4 is 10.6 Å². The van der Waals surface area contributed by atoms with E-state index in [9.17, 15) is 4.79 Å². The van der Waals surface area contributed by atoms with Gasteiger partial charge in [-0.2, -0.15) is 0 Å². The van der Waals surface area contributed by atoms with Gasteiger partial charge in [0.15, 0.2) is 0 Å². The Kier molecular flexibility index (Phi) is 8.01. The van der Waals surface area contributed by atoms with Crippen molar-refractivity contribution < 1.29 is 9.53 Å². The Balaban J connectivity index is 1.81. The molecule has 1 fully saturated rings. The van der Waals surface area contributed by atoms with Crippen LogP contribution in [-0.2, 0) is 9.53 Å². The molecule has 1 heterocycles. The molecule has 0 aromatic heterocycles. The largest absolute Gasteiger partial charge is 0.373 e. The van der Waals surface area contributed by atoms with Crippen LogP contribution in [0.4, 0.5) is 0 Å². The molecule has 0 saturated carbocycles. The molecule has 6 heteroatoms. The van der Waals surface area contributed by atoms with Crippen molar-refractivity contribution in [2.75, 3.05) is 26.7 Å². The molecule has 5 nitrogen and oxygen atoms in total. The van der Waals surface area contributed by atoms with E-state index in [1.165, 1.54) is 0 Å². The van der Waals surface area contributed by atoms with Crippen LogP contribution >= 0.6 is 11.6 Å². The molecule has 1 amide bonds. The van der Waals surface area contributed by atoms with E-state index in [0.29, 0.717) is 6.42 Å². The number of amides is 1. The summed E-state index contributed by atoms with van der Waals surface area (Å²) >= 11 is 6.55. The topological polar surface area (TPSA) is 53.6 Å². The summed E-state index contributed by atoms with van der Waals surface area (Å²) in [6.45, 7) is 7.02. The van der Waals surface area contributed by atoms with E-state index in [1.54, 1.807) is 0 Å². The molecular formula is C18H32ClN3O2. The highest BCUT2D eigenvalue weighted by atomic mass is 35.5. The smallest absolute Gasteiger partial charge is 0.220 e. The molecule has 0 aromatic carbocycles. The maximum atomic E-state index is 12.0. The van der Waals surface area contributed by atoms with Gasteiger partial charge in [0, 0.05) is 36.6 Å². The van der Waals surface area contributed by atoms with Crippen LogP contribution in [0.3, 0.4) is 0 Å². The number of ether oxygens (including phenoxy) is 1. The van der Waals surface area contributed by atoms with E-state index in [0.717, 1.165) is 50.3 Å². The Morgan fingerprint density at radius 1 is 1.29 bits per heavy atom. The number of carbonyl (C=O) groups is 1. The van der Waals surface area contributed by atoms with Gasteiger partial charge in [0.1, 0.15) is 0 Å². The average Bonchev–Trinajstić information content (AvgIpc) is 2.50. The van der Waals surface area contributed by atoms with E-state index in [1.807, 2.05) is 13.1 Å². The summed E-state index contributed by atoms with van der Waals surface area (Å²) in [5.41, 5.74) is 0. The highest BCUT2D eigenvalue weighted by molar-refractivity contribution is 6.30. The fraction of sp³-hybridized carbons (Fsp3) is 0.833. The van der Waals surface area contributed by atoms with E-state index in [2.05, 4.69) is 29.4 Å². The Bertz CT molecular complexity index is 434. The average molecular weight is 358 g/mol. The number of nitrogens with one attached hydrogen (secondary N) is 2. The summed E-state index contributed by atoms with van der Waals surface area (Å²) in [7, 11) is 1.93. The molecule has 4 unspecified atom stereocenters. The Labute approximate surface area is 151 Å². The lowest BCUT2D eigenvalue weighted by Crippen LogP contribution is -2.51. The van der Waals surface area contributed by atoms with Crippen molar-refractivity contribution in [1.82, 2.24) is 15.5 Å². The first-order valence-electron chi connectivity index (χ1n) is 9.20. The van der Waals surface area contributed by atoms with Crippen LogP contribution in [0.25, 0.3) is 0 Å². The van der Waals surface area contributed by atoms with Gasteiger partial charge in [-0.25, -0.2) is 0 Å². The quantitative estimate of drug-likeness (QED) is 0.686. The van der Waals surface area contributed by atoms with Crippen LogP contribution in [0.1, 0.15) is 46.0 Å². The standard InChI is InChI=1S/C18H32ClN3O2/c1-13-11-22(12-14(2)24-13)17-8-7-15(10-16(17)19)21-18(23)6-4-5-9-20-3/h10,13-15,17,20H,4-9,11-12H2,1-3H3,(H,21,23). The number of unbranched alkanes of at least 4 members (excludes halogenated alkanes) is 1. The van der Waals surface area contributed by atoms with Crippen molar-refractivity contribution in [3.63, 3.8) is 0 Å². The molecule has 1 saturated heterocycles. The number of nitrogens with zero attached hydrogens (tertiary/aromatic N) is 1. The molecule has 2 N–H and O–H groups in total. The minimum absolute atomic E-state index is 0.0708. The number of morpholine rings is 1. The predicted octanol–water partition coefficient (Wildman–Crippen LogP) is 2.26. The molecule has 1 aliphatic carbocycles. The van der Waals surface area contributed by atoms with E-state index >= 15 is 0 Å². The van der Waals surface area contributed by atoms with Crippen LogP contribution in [0, 0.1) is 0 Å². The van der Waals surface area contributed by atoms with Gasteiger partial charge in [-0.3, -0.25) is 9.69 Å². The second-order valence-electron chi connectivity index (χ2n) is 7.09. The zero-order valence-corrected chi connectivity index (χ0v) is 15.9. The van der Waals surface area contributed by atoms with Crippen LogP contribution in [0.5, 0.6) is 0 Å². The number of rotatable bonds is 7. The molecule has 24 heavy (non-hydrogen) atoms. The monoisotopic (exact) mass is 357 g/mol.